The summed E-state index contributed by atoms with van der Waals surface area (Å²) in [4.78, 5) is 0. The zero-order valence-corrected chi connectivity index (χ0v) is 11.7. The van der Waals surface area contributed by atoms with Gasteiger partial charge in [-0.05, 0) is 36.5 Å². The smallest absolute Gasteiger partial charge is 0.119 e. The quantitative estimate of drug-likeness (QED) is 0.746. The number of nitrogens with one attached hydrogen (secondary N) is 1. The molecule has 3 heteroatoms. The Kier molecular flexibility index (Phi) is 6.16. The molecule has 0 unspecified atom stereocenters. The zero-order valence-electron chi connectivity index (χ0n) is 11.7. The molecule has 0 aliphatic heterocycles. The number of hydrogen-bond donors (Lipinski definition) is 2. The molecule has 1 rings (SSSR count). The summed E-state index contributed by atoms with van der Waals surface area (Å²) in [6, 6.07) is 8.16. The first-order valence-corrected chi connectivity index (χ1v) is 6.61. The average molecular weight is 251 g/mol. The van der Waals surface area contributed by atoms with Gasteiger partial charge < -0.3 is 15.2 Å². The molecule has 0 amide bonds. The molecule has 1 aromatic rings. The highest BCUT2D eigenvalue weighted by atomic mass is 16.5. The maximum atomic E-state index is 8.96. The van der Waals surface area contributed by atoms with Crippen LogP contribution >= 0.6 is 0 Å². The molecule has 0 radical (unpaired) electrons. The molecule has 0 saturated carbocycles. The van der Waals surface area contributed by atoms with Crippen LogP contribution in [0.25, 0.3) is 0 Å². The van der Waals surface area contributed by atoms with Crippen LogP contribution in [0.3, 0.4) is 0 Å². The largest absolute Gasteiger partial charge is 0.494 e. The van der Waals surface area contributed by atoms with Gasteiger partial charge in [0.05, 0.1) is 6.61 Å². The normalized spacial score (nSPS) is 11.6. The van der Waals surface area contributed by atoms with Gasteiger partial charge in [0.25, 0.3) is 0 Å². The number of ether oxygens (including phenoxy) is 1. The van der Waals surface area contributed by atoms with E-state index in [1.54, 1.807) is 0 Å². The van der Waals surface area contributed by atoms with Crippen LogP contribution in [0.5, 0.6) is 5.75 Å². The molecule has 0 atom stereocenters. The Morgan fingerprint density at radius 2 is 1.89 bits per heavy atom. The van der Waals surface area contributed by atoms with E-state index in [9.17, 15) is 0 Å². The van der Waals surface area contributed by atoms with Gasteiger partial charge in [-0.1, -0.05) is 26.0 Å². The molecule has 102 valence electrons. The SMILES string of the molecule is CCOc1ccc(CNCC(C)(C)CCO)cc1. The first-order valence-electron chi connectivity index (χ1n) is 6.61. The average Bonchev–Trinajstić information content (AvgIpc) is 2.31. The van der Waals surface area contributed by atoms with Crippen LogP contribution in [-0.4, -0.2) is 24.9 Å². The Bertz CT molecular complexity index is 333. The minimum Gasteiger partial charge on any atom is -0.494 e. The van der Waals surface area contributed by atoms with E-state index in [2.05, 4.69) is 31.3 Å². The van der Waals surface area contributed by atoms with Crippen LogP contribution in [0.1, 0.15) is 32.8 Å². The van der Waals surface area contributed by atoms with Crippen LogP contribution in [0.4, 0.5) is 0 Å². The summed E-state index contributed by atoms with van der Waals surface area (Å²) in [6.45, 7) is 9.01. The van der Waals surface area contributed by atoms with Gasteiger partial charge in [-0.15, -0.1) is 0 Å². The Labute approximate surface area is 110 Å². The fourth-order valence-electron chi connectivity index (χ4n) is 1.81. The van der Waals surface area contributed by atoms with Crippen LogP contribution < -0.4 is 10.1 Å². The first-order chi connectivity index (χ1) is 8.57. The lowest BCUT2D eigenvalue weighted by Crippen LogP contribution is -2.29. The fourth-order valence-corrected chi connectivity index (χ4v) is 1.81. The Hall–Kier alpha value is -1.06. The molecular weight excluding hydrogens is 226 g/mol. The third-order valence-corrected chi connectivity index (χ3v) is 2.96. The molecule has 3 nitrogen and oxygen atoms in total. The minimum absolute atomic E-state index is 0.139. The zero-order chi connectivity index (χ0) is 13.4. The van der Waals surface area contributed by atoms with Crippen LogP contribution in [-0.2, 0) is 6.54 Å². The van der Waals surface area contributed by atoms with E-state index in [-0.39, 0.29) is 12.0 Å². The second-order valence-electron chi connectivity index (χ2n) is 5.32. The number of rotatable bonds is 8. The van der Waals surface area contributed by atoms with E-state index >= 15 is 0 Å². The highest BCUT2D eigenvalue weighted by Crippen LogP contribution is 2.18. The van der Waals surface area contributed by atoms with E-state index in [0.717, 1.165) is 25.3 Å². The van der Waals surface area contributed by atoms with E-state index in [4.69, 9.17) is 9.84 Å². The predicted molar refractivity (Wildman–Crippen MR) is 74.8 cm³/mol. The van der Waals surface area contributed by atoms with Gasteiger partial charge in [-0.3, -0.25) is 0 Å². The van der Waals surface area contributed by atoms with Crippen molar-refractivity contribution in [2.24, 2.45) is 5.41 Å². The molecule has 0 heterocycles. The van der Waals surface area contributed by atoms with Gasteiger partial charge in [-0.2, -0.15) is 0 Å². The Morgan fingerprint density at radius 1 is 1.22 bits per heavy atom. The summed E-state index contributed by atoms with van der Waals surface area (Å²) in [7, 11) is 0. The molecule has 0 saturated heterocycles. The molecule has 2 N–H and O–H groups in total. The van der Waals surface area contributed by atoms with E-state index in [1.807, 2.05) is 19.1 Å². The molecule has 18 heavy (non-hydrogen) atoms. The molecule has 0 aliphatic carbocycles. The topological polar surface area (TPSA) is 41.5 Å². The van der Waals surface area contributed by atoms with Crippen molar-refractivity contribution in [2.45, 2.75) is 33.7 Å². The van der Waals surface area contributed by atoms with Crippen molar-refractivity contribution < 1.29 is 9.84 Å². The molecule has 0 fully saturated rings. The molecule has 0 bridgehead atoms. The molecule has 0 aliphatic rings. The standard InChI is InChI=1S/C15H25NO2/c1-4-18-14-7-5-13(6-8-14)11-16-12-15(2,3)9-10-17/h5-8,16-17H,4,9-12H2,1-3H3. The summed E-state index contributed by atoms with van der Waals surface area (Å²) in [5.41, 5.74) is 1.39. The van der Waals surface area contributed by atoms with Crippen LogP contribution in [0.2, 0.25) is 0 Å². The number of hydrogen-bond acceptors (Lipinski definition) is 3. The van der Waals surface area contributed by atoms with Crippen LogP contribution in [0.15, 0.2) is 24.3 Å². The van der Waals surface area contributed by atoms with Crippen molar-refractivity contribution in [1.82, 2.24) is 5.32 Å². The van der Waals surface area contributed by atoms with Gasteiger partial charge in [0, 0.05) is 19.7 Å². The van der Waals surface area contributed by atoms with Gasteiger partial charge in [0.15, 0.2) is 0 Å². The summed E-state index contributed by atoms with van der Waals surface area (Å²) in [5, 5.41) is 12.4. The van der Waals surface area contributed by atoms with Gasteiger partial charge in [-0.25, -0.2) is 0 Å². The lowest BCUT2D eigenvalue weighted by molar-refractivity contribution is 0.207. The summed E-state index contributed by atoms with van der Waals surface area (Å²) < 4.78 is 5.40. The lowest BCUT2D eigenvalue weighted by atomic mass is 9.90. The Balaban J connectivity index is 2.35. The fraction of sp³-hybridized carbons (Fsp3) is 0.600. The second kappa shape index (κ2) is 7.39. The van der Waals surface area contributed by atoms with Gasteiger partial charge in [0.2, 0.25) is 0 Å². The molecule has 1 aromatic carbocycles. The Morgan fingerprint density at radius 3 is 2.44 bits per heavy atom. The van der Waals surface area contributed by atoms with Crippen LogP contribution in [0, 0.1) is 5.41 Å². The highest BCUT2D eigenvalue weighted by Gasteiger charge is 2.16. The molecule has 0 aromatic heterocycles. The number of aliphatic hydroxyl groups is 1. The number of benzene rings is 1. The van der Waals surface area contributed by atoms with E-state index < -0.39 is 0 Å². The van der Waals surface area contributed by atoms with Gasteiger partial charge >= 0.3 is 0 Å². The predicted octanol–water partition coefficient (Wildman–Crippen LogP) is 2.58. The van der Waals surface area contributed by atoms with Crippen molar-refractivity contribution >= 4 is 0 Å². The second-order valence-corrected chi connectivity index (χ2v) is 5.32. The van der Waals surface area contributed by atoms with E-state index in [1.165, 1.54) is 5.56 Å². The monoisotopic (exact) mass is 251 g/mol. The van der Waals surface area contributed by atoms with Crippen molar-refractivity contribution in [3.63, 3.8) is 0 Å². The molecular formula is C15H25NO2. The summed E-state index contributed by atoms with van der Waals surface area (Å²) >= 11 is 0. The third-order valence-electron chi connectivity index (χ3n) is 2.96. The van der Waals surface area contributed by atoms with Crippen molar-refractivity contribution in [3.05, 3.63) is 29.8 Å². The first kappa shape index (κ1) is 15.0. The van der Waals surface area contributed by atoms with E-state index in [0.29, 0.717) is 6.61 Å². The van der Waals surface area contributed by atoms with Crippen molar-refractivity contribution in [2.75, 3.05) is 19.8 Å². The lowest BCUT2D eigenvalue weighted by Gasteiger charge is -2.24. The maximum absolute atomic E-state index is 8.96. The highest BCUT2D eigenvalue weighted by molar-refractivity contribution is 5.27. The summed E-state index contributed by atoms with van der Waals surface area (Å²) in [6.07, 6.45) is 0.823. The minimum atomic E-state index is 0.139. The van der Waals surface area contributed by atoms with Gasteiger partial charge in [0.1, 0.15) is 5.75 Å². The molecule has 0 spiro atoms. The van der Waals surface area contributed by atoms with Crippen molar-refractivity contribution in [3.8, 4) is 5.75 Å². The van der Waals surface area contributed by atoms with Crippen molar-refractivity contribution in [1.29, 1.82) is 0 Å². The number of aliphatic hydroxyl groups excluding tert-OH is 1. The third kappa shape index (κ3) is 5.52. The summed E-state index contributed by atoms with van der Waals surface area (Å²) in [5.74, 6) is 0.918. The maximum Gasteiger partial charge on any atom is 0.119 e.